The minimum atomic E-state index is -0.391. The van der Waals surface area contributed by atoms with Crippen molar-refractivity contribution in [3.63, 3.8) is 0 Å². The highest BCUT2D eigenvalue weighted by Crippen LogP contribution is 2.31. The molecule has 3 rings (SSSR count). The average molecular weight is 338 g/mol. The molecule has 0 saturated heterocycles. The van der Waals surface area contributed by atoms with E-state index in [-0.39, 0.29) is 11.8 Å². The number of rotatable bonds is 5. The molecule has 0 aliphatic carbocycles. The second kappa shape index (κ2) is 6.99. The van der Waals surface area contributed by atoms with Gasteiger partial charge in [0.25, 0.3) is 0 Å². The minimum absolute atomic E-state index is 0.210. The molecule has 2 aromatic carbocycles. The number of aromatic nitrogens is 1. The quantitative estimate of drug-likeness (QED) is 0.699. The van der Waals surface area contributed by atoms with Gasteiger partial charge in [0.05, 0.1) is 6.04 Å². The molecule has 2 N–H and O–H groups in total. The summed E-state index contributed by atoms with van der Waals surface area (Å²) in [6.07, 6.45) is 2.66. The van der Waals surface area contributed by atoms with E-state index in [0.717, 1.165) is 16.5 Å². The molecule has 1 unspecified atom stereocenters. The fourth-order valence-electron chi connectivity index (χ4n) is 3.12. The number of aryl methyl sites for hydroxylation is 2. The fraction of sp³-hybridized carbons (Fsp3) is 0.250. The first-order chi connectivity index (χ1) is 12.0. The van der Waals surface area contributed by atoms with Crippen LogP contribution < -0.4 is 5.48 Å². The Hall–Kier alpha value is -2.79. The van der Waals surface area contributed by atoms with E-state index in [2.05, 4.69) is 24.5 Å². The zero-order valence-electron chi connectivity index (χ0n) is 14.6. The average Bonchev–Trinajstić information content (AvgIpc) is 2.89. The molecule has 0 radical (unpaired) electrons. The summed E-state index contributed by atoms with van der Waals surface area (Å²) in [7, 11) is 1.96. The van der Waals surface area contributed by atoms with Crippen LogP contribution >= 0.6 is 0 Å². The lowest BCUT2D eigenvalue weighted by molar-refractivity contribution is -0.150. The summed E-state index contributed by atoms with van der Waals surface area (Å²) in [5, 5.41) is 10.8. The van der Waals surface area contributed by atoms with E-state index >= 15 is 0 Å². The third-order valence-corrected chi connectivity index (χ3v) is 4.41. The number of carbonyl (C=O) groups is 1. The summed E-state index contributed by atoms with van der Waals surface area (Å²) in [6.45, 7) is 3.43. The summed E-state index contributed by atoms with van der Waals surface area (Å²) >= 11 is 0. The Morgan fingerprint density at radius 2 is 2.04 bits per heavy atom. The Kier molecular flexibility index (Phi) is 4.76. The first kappa shape index (κ1) is 17.0. The van der Waals surface area contributed by atoms with Crippen molar-refractivity contribution in [2.75, 3.05) is 0 Å². The van der Waals surface area contributed by atoms with Gasteiger partial charge >= 0.3 is 5.97 Å². The predicted octanol–water partition coefficient (Wildman–Crippen LogP) is 3.54. The van der Waals surface area contributed by atoms with Crippen LogP contribution in [-0.2, 0) is 23.1 Å². The topological polar surface area (TPSA) is 63.5 Å². The number of hydroxylamine groups is 1. The zero-order chi connectivity index (χ0) is 18.0. The zero-order valence-corrected chi connectivity index (χ0v) is 14.6. The third kappa shape index (κ3) is 3.67. The van der Waals surface area contributed by atoms with Crippen LogP contribution in [0.5, 0.6) is 5.75 Å². The highest BCUT2D eigenvalue weighted by molar-refractivity contribution is 5.85. The molecular formula is C20H22N2O3. The molecule has 130 valence electrons. The Balaban J connectivity index is 2.03. The number of aromatic hydroxyl groups is 1. The smallest absolute Gasteiger partial charge is 0.321 e. The molecule has 0 saturated carbocycles. The summed E-state index contributed by atoms with van der Waals surface area (Å²) < 4.78 is 2.00. The molecule has 1 aromatic heterocycles. The number of phenolic OH excluding ortho intramolecular Hbond substituents is 1. The number of hydrogen-bond donors (Lipinski definition) is 2. The van der Waals surface area contributed by atoms with Crippen LogP contribution in [0.4, 0.5) is 0 Å². The van der Waals surface area contributed by atoms with Crippen LogP contribution in [0.3, 0.4) is 0 Å². The molecule has 0 amide bonds. The number of hydrogen-bond acceptors (Lipinski definition) is 4. The van der Waals surface area contributed by atoms with E-state index in [9.17, 15) is 9.90 Å². The number of nitrogens with zero attached hydrogens (tertiary/aromatic N) is 1. The standard InChI is InChI=1S/C20H22N2O3/c1-13-6-4-5-7-15(13)10-19(21-25-14(2)23)18-12-22(3)20-9-8-16(24)11-17(18)20/h4-9,11-12,19,21,24H,10H2,1-3H3. The predicted molar refractivity (Wildman–Crippen MR) is 97.1 cm³/mol. The van der Waals surface area contributed by atoms with Crippen molar-refractivity contribution in [3.05, 3.63) is 65.4 Å². The van der Waals surface area contributed by atoms with E-state index < -0.39 is 5.97 Å². The Bertz CT molecular complexity index is 914. The van der Waals surface area contributed by atoms with E-state index in [1.54, 1.807) is 12.1 Å². The van der Waals surface area contributed by atoms with Crippen LogP contribution in [-0.4, -0.2) is 15.6 Å². The van der Waals surface area contributed by atoms with E-state index in [4.69, 9.17) is 4.84 Å². The molecule has 0 spiro atoms. The molecule has 0 aliphatic heterocycles. The van der Waals surface area contributed by atoms with Crippen LogP contribution in [0.15, 0.2) is 48.7 Å². The number of benzene rings is 2. The Morgan fingerprint density at radius 3 is 2.76 bits per heavy atom. The second-order valence-electron chi connectivity index (χ2n) is 6.29. The van der Waals surface area contributed by atoms with Crippen molar-refractivity contribution < 1.29 is 14.7 Å². The first-order valence-electron chi connectivity index (χ1n) is 8.21. The van der Waals surface area contributed by atoms with Crippen molar-refractivity contribution in [2.45, 2.75) is 26.3 Å². The molecule has 0 aliphatic rings. The maximum absolute atomic E-state index is 11.3. The van der Waals surface area contributed by atoms with Gasteiger partial charge in [-0.05, 0) is 48.2 Å². The van der Waals surface area contributed by atoms with Crippen LogP contribution in [0.1, 0.15) is 29.7 Å². The molecule has 1 atom stereocenters. The van der Waals surface area contributed by atoms with E-state index in [1.165, 1.54) is 18.1 Å². The minimum Gasteiger partial charge on any atom is -0.508 e. The summed E-state index contributed by atoms with van der Waals surface area (Å²) in [5.41, 5.74) is 7.22. The molecule has 25 heavy (non-hydrogen) atoms. The summed E-state index contributed by atoms with van der Waals surface area (Å²) in [4.78, 5) is 16.4. The van der Waals surface area contributed by atoms with Gasteiger partial charge in [-0.15, -0.1) is 5.48 Å². The maximum atomic E-state index is 11.3. The molecule has 5 nitrogen and oxygen atoms in total. The van der Waals surface area contributed by atoms with Crippen LogP contribution in [0.25, 0.3) is 10.9 Å². The van der Waals surface area contributed by atoms with Crippen LogP contribution in [0.2, 0.25) is 0 Å². The van der Waals surface area contributed by atoms with Crippen molar-refractivity contribution in [2.24, 2.45) is 7.05 Å². The lowest BCUT2D eigenvalue weighted by Gasteiger charge is -2.18. The van der Waals surface area contributed by atoms with Gasteiger partial charge in [0.15, 0.2) is 0 Å². The van der Waals surface area contributed by atoms with Gasteiger partial charge in [-0.1, -0.05) is 24.3 Å². The van der Waals surface area contributed by atoms with Gasteiger partial charge in [0.1, 0.15) is 5.75 Å². The molecule has 0 fully saturated rings. The van der Waals surface area contributed by atoms with Crippen LogP contribution in [0, 0.1) is 6.92 Å². The molecule has 1 heterocycles. The van der Waals surface area contributed by atoms with Crippen molar-refractivity contribution in [1.29, 1.82) is 0 Å². The third-order valence-electron chi connectivity index (χ3n) is 4.41. The number of phenols is 1. The Labute approximate surface area is 146 Å². The van der Waals surface area contributed by atoms with Crippen molar-refractivity contribution >= 4 is 16.9 Å². The first-order valence-corrected chi connectivity index (χ1v) is 8.21. The van der Waals surface area contributed by atoms with E-state index in [1.807, 2.05) is 36.0 Å². The number of carbonyl (C=O) groups excluding carboxylic acids is 1. The largest absolute Gasteiger partial charge is 0.508 e. The Morgan fingerprint density at radius 1 is 1.28 bits per heavy atom. The fourth-order valence-corrected chi connectivity index (χ4v) is 3.12. The van der Waals surface area contributed by atoms with Crippen molar-refractivity contribution in [3.8, 4) is 5.75 Å². The van der Waals surface area contributed by atoms with Gasteiger partial charge in [0, 0.05) is 31.1 Å². The number of nitrogens with one attached hydrogen (secondary N) is 1. The van der Waals surface area contributed by atoms with Gasteiger partial charge in [-0.3, -0.25) is 4.79 Å². The van der Waals surface area contributed by atoms with Gasteiger partial charge < -0.3 is 14.5 Å². The van der Waals surface area contributed by atoms with Gasteiger partial charge in [0.2, 0.25) is 0 Å². The highest BCUT2D eigenvalue weighted by atomic mass is 16.7. The monoisotopic (exact) mass is 338 g/mol. The molecular weight excluding hydrogens is 316 g/mol. The second-order valence-corrected chi connectivity index (χ2v) is 6.29. The normalized spacial score (nSPS) is 12.3. The number of fused-ring (bicyclic) bond motifs is 1. The summed E-state index contributed by atoms with van der Waals surface area (Å²) in [5.74, 6) is -0.181. The maximum Gasteiger partial charge on any atom is 0.321 e. The van der Waals surface area contributed by atoms with E-state index in [0.29, 0.717) is 6.42 Å². The lowest BCUT2D eigenvalue weighted by Crippen LogP contribution is -2.26. The van der Waals surface area contributed by atoms with Crippen molar-refractivity contribution in [1.82, 2.24) is 10.0 Å². The molecule has 3 aromatic rings. The molecule has 5 heteroatoms. The highest BCUT2D eigenvalue weighted by Gasteiger charge is 2.20. The SMILES string of the molecule is CC(=O)ONC(Cc1ccccc1C)c1cn(C)c2ccc(O)cc12. The lowest BCUT2D eigenvalue weighted by atomic mass is 9.96. The van der Waals surface area contributed by atoms with Gasteiger partial charge in [-0.2, -0.15) is 0 Å². The summed E-state index contributed by atoms with van der Waals surface area (Å²) in [6, 6.07) is 13.2. The van der Waals surface area contributed by atoms with Gasteiger partial charge in [-0.25, -0.2) is 0 Å². The molecule has 0 bridgehead atoms.